The minimum Gasteiger partial charge on any atom is -0.496 e. The summed E-state index contributed by atoms with van der Waals surface area (Å²) >= 11 is 0. The highest BCUT2D eigenvalue weighted by Crippen LogP contribution is 2.37. The van der Waals surface area contributed by atoms with Gasteiger partial charge in [0, 0.05) is 18.0 Å². The molecule has 5 nitrogen and oxygen atoms in total. The van der Waals surface area contributed by atoms with Gasteiger partial charge in [-0.3, -0.25) is 9.69 Å². The first-order chi connectivity index (χ1) is 14.6. The van der Waals surface area contributed by atoms with Gasteiger partial charge in [0.2, 0.25) is 0 Å². The molecule has 2 heterocycles. The number of nitrogens with zero attached hydrogens (tertiary/aromatic N) is 3. The first-order valence-corrected chi connectivity index (χ1v) is 10.9. The lowest BCUT2D eigenvalue weighted by atomic mass is 9.97. The Kier molecular flexibility index (Phi) is 6.18. The molecule has 158 valence electrons. The average molecular weight is 406 g/mol. The van der Waals surface area contributed by atoms with E-state index in [1.165, 1.54) is 12.0 Å². The summed E-state index contributed by atoms with van der Waals surface area (Å²) in [7, 11) is 1.68. The highest BCUT2D eigenvalue weighted by Gasteiger charge is 2.35. The second-order valence-corrected chi connectivity index (χ2v) is 8.43. The SMILES string of the molecule is COc1ccccc1[C@@H]1CC(c2ccc(C)cc2)=NN1C(=O)CN1CCCC[C@H]1C. The minimum absolute atomic E-state index is 0.0572. The fourth-order valence-electron chi connectivity index (χ4n) is 4.48. The smallest absolute Gasteiger partial charge is 0.257 e. The van der Waals surface area contributed by atoms with E-state index in [0.29, 0.717) is 19.0 Å². The Morgan fingerprint density at radius 3 is 2.63 bits per heavy atom. The largest absolute Gasteiger partial charge is 0.496 e. The molecule has 2 atom stereocenters. The van der Waals surface area contributed by atoms with Crippen molar-refractivity contribution in [2.45, 2.75) is 51.6 Å². The van der Waals surface area contributed by atoms with Crippen molar-refractivity contribution in [2.75, 3.05) is 20.2 Å². The number of benzene rings is 2. The van der Waals surface area contributed by atoms with E-state index in [-0.39, 0.29) is 11.9 Å². The number of carbonyl (C=O) groups excluding carboxylic acids is 1. The maximum atomic E-state index is 13.4. The lowest BCUT2D eigenvalue weighted by molar-refractivity contribution is -0.135. The molecule has 0 unspecified atom stereocenters. The summed E-state index contributed by atoms with van der Waals surface area (Å²) in [5.41, 5.74) is 4.24. The van der Waals surface area contributed by atoms with Crippen molar-refractivity contribution in [2.24, 2.45) is 5.10 Å². The quantitative estimate of drug-likeness (QED) is 0.733. The molecule has 2 aliphatic rings. The van der Waals surface area contributed by atoms with Crippen LogP contribution < -0.4 is 4.74 Å². The molecule has 1 fully saturated rings. The molecule has 2 aromatic rings. The number of amides is 1. The predicted molar refractivity (Wildman–Crippen MR) is 120 cm³/mol. The zero-order valence-corrected chi connectivity index (χ0v) is 18.2. The second kappa shape index (κ2) is 9.00. The van der Waals surface area contributed by atoms with Crippen LogP contribution in [0.4, 0.5) is 0 Å². The average Bonchev–Trinajstić information content (AvgIpc) is 3.21. The van der Waals surface area contributed by atoms with Gasteiger partial charge >= 0.3 is 0 Å². The molecular weight excluding hydrogens is 374 g/mol. The van der Waals surface area contributed by atoms with Gasteiger partial charge in [-0.2, -0.15) is 5.10 Å². The molecule has 0 N–H and O–H groups in total. The van der Waals surface area contributed by atoms with Crippen LogP contribution in [0.2, 0.25) is 0 Å². The summed E-state index contributed by atoms with van der Waals surface area (Å²) in [5, 5.41) is 6.53. The van der Waals surface area contributed by atoms with Crippen LogP contribution in [0, 0.1) is 6.92 Å². The van der Waals surface area contributed by atoms with Crippen LogP contribution in [0.5, 0.6) is 5.75 Å². The number of hydrazone groups is 1. The van der Waals surface area contributed by atoms with Crippen LogP contribution in [0.1, 0.15) is 55.3 Å². The lowest BCUT2D eigenvalue weighted by Gasteiger charge is -2.34. The molecule has 4 rings (SSSR count). The summed E-state index contributed by atoms with van der Waals surface area (Å²) in [6.45, 7) is 5.69. The van der Waals surface area contributed by atoms with Gasteiger partial charge in [0.15, 0.2) is 0 Å². The number of carbonyl (C=O) groups is 1. The van der Waals surface area contributed by atoms with Crippen molar-refractivity contribution in [3.63, 3.8) is 0 Å². The first kappa shape index (κ1) is 20.6. The van der Waals surface area contributed by atoms with E-state index in [2.05, 4.69) is 43.0 Å². The van der Waals surface area contributed by atoms with Gasteiger partial charge in [-0.05, 0) is 44.9 Å². The minimum atomic E-state index is -0.148. The standard InChI is InChI=1S/C25H31N3O2/c1-18-11-13-20(14-12-18)22-16-23(21-9-4-5-10-24(21)30-3)28(26-22)25(29)17-27-15-7-6-8-19(27)2/h4-5,9-14,19,23H,6-8,15-17H2,1-3H3/t19-,23+/m1/s1. The molecule has 1 saturated heterocycles. The zero-order chi connectivity index (χ0) is 21.1. The van der Waals surface area contributed by atoms with Crippen molar-refractivity contribution >= 4 is 11.6 Å². The van der Waals surface area contributed by atoms with Gasteiger partial charge in [0.05, 0.1) is 25.4 Å². The molecule has 5 heteroatoms. The third kappa shape index (κ3) is 4.26. The van der Waals surface area contributed by atoms with Crippen molar-refractivity contribution in [1.29, 1.82) is 0 Å². The van der Waals surface area contributed by atoms with Gasteiger partial charge in [-0.1, -0.05) is 54.4 Å². The Bertz CT molecular complexity index is 922. The van der Waals surface area contributed by atoms with Crippen LogP contribution in [0.25, 0.3) is 0 Å². The molecule has 2 aromatic carbocycles. The van der Waals surface area contributed by atoms with Gasteiger partial charge in [0.1, 0.15) is 5.75 Å². The van der Waals surface area contributed by atoms with Crippen molar-refractivity contribution in [3.8, 4) is 5.75 Å². The summed E-state index contributed by atoms with van der Waals surface area (Å²) in [5.74, 6) is 0.855. The fourth-order valence-corrected chi connectivity index (χ4v) is 4.48. The Balaban J connectivity index is 1.64. The van der Waals surface area contributed by atoms with E-state index < -0.39 is 0 Å². The third-order valence-electron chi connectivity index (χ3n) is 6.33. The second-order valence-electron chi connectivity index (χ2n) is 8.43. The third-order valence-corrected chi connectivity index (χ3v) is 6.33. The van der Waals surface area contributed by atoms with Gasteiger partial charge < -0.3 is 4.74 Å². The summed E-state index contributed by atoms with van der Waals surface area (Å²) in [6.07, 6.45) is 4.24. The highest BCUT2D eigenvalue weighted by atomic mass is 16.5. The van der Waals surface area contributed by atoms with E-state index in [1.54, 1.807) is 12.1 Å². The number of hydrogen-bond acceptors (Lipinski definition) is 4. The topological polar surface area (TPSA) is 45.1 Å². The van der Waals surface area contributed by atoms with Gasteiger partial charge in [-0.15, -0.1) is 0 Å². The number of likely N-dealkylation sites (tertiary alicyclic amines) is 1. The van der Waals surface area contributed by atoms with Crippen LogP contribution in [-0.2, 0) is 4.79 Å². The molecule has 0 radical (unpaired) electrons. The van der Waals surface area contributed by atoms with Gasteiger partial charge in [-0.25, -0.2) is 5.01 Å². The van der Waals surface area contributed by atoms with Crippen molar-refractivity contribution < 1.29 is 9.53 Å². The van der Waals surface area contributed by atoms with Crippen molar-refractivity contribution in [3.05, 3.63) is 65.2 Å². The Morgan fingerprint density at radius 1 is 1.13 bits per heavy atom. The van der Waals surface area contributed by atoms with E-state index >= 15 is 0 Å². The van der Waals surface area contributed by atoms with Crippen LogP contribution in [0.3, 0.4) is 0 Å². The molecular formula is C25H31N3O2. The number of hydrogen-bond donors (Lipinski definition) is 0. The van der Waals surface area contributed by atoms with E-state index in [1.807, 2.05) is 24.3 Å². The van der Waals surface area contributed by atoms with E-state index in [0.717, 1.165) is 42.0 Å². The summed E-state index contributed by atoms with van der Waals surface area (Å²) < 4.78 is 5.61. The Labute approximate surface area is 179 Å². The molecule has 0 spiro atoms. The molecule has 0 aliphatic carbocycles. The molecule has 2 aliphatic heterocycles. The zero-order valence-electron chi connectivity index (χ0n) is 18.2. The van der Waals surface area contributed by atoms with Crippen LogP contribution in [0.15, 0.2) is 53.6 Å². The van der Waals surface area contributed by atoms with Gasteiger partial charge in [0.25, 0.3) is 5.91 Å². The first-order valence-electron chi connectivity index (χ1n) is 10.9. The molecule has 30 heavy (non-hydrogen) atoms. The number of piperidine rings is 1. The van der Waals surface area contributed by atoms with Crippen LogP contribution in [-0.4, -0.2) is 47.8 Å². The van der Waals surface area contributed by atoms with Crippen molar-refractivity contribution in [1.82, 2.24) is 9.91 Å². The Hall–Kier alpha value is -2.66. The van der Waals surface area contributed by atoms with E-state index in [4.69, 9.17) is 9.84 Å². The number of para-hydroxylation sites is 1. The summed E-state index contributed by atoms with van der Waals surface area (Å²) in [6, 6.07) is 16.6. The molecule has 0 saturated carbocycles. The highest BCUT2D eigenvalue weighted by molar-refractivity contribution is 6.03. The normalized spacial score (nSPS) is 22.1. The maximum absolute atomic E-state index is 13.4. The van der Waals surface area contributed by atoms with Crippen LogP contribution >= 0.6 is 0 Å². The predicted octanol–water partition coefficient (Wildman–Crippen LogP) is 4.56. The number of methoxy groups -OCH3 is 1. The molecule has 0 bridgehead atoms. The molecule has 0 aromatic heterocycles. The Morgan fingerprint density at radius 2 is 1.90 bits per heavy atom. The molecule has 1 amide bonds. The number of ether oxygens (including phenoxy) is 1. The van der Waals surface area contributed by atoms with E-state index in [9.17, 15) is 4.79 Å². The number of aryl methyl sites for hydroxylation is 1. The maximum Gasteiger partial charge on any atom is 0.257 e. The lowest BCUT2D eigenvalue weighted by Crippen LogP contribution is -2.44. The fraction of sp³-hybridized carbons (Fsp3) is 0.440. The monoisotopic (exact) mass is 405 g/mol. The summed E-state index contributed by atoms with van der Waals surface area (Å²) in [4.78, 5) is 15.7. The number of rotatable bonds is 5.